The fourth-order valence-electron chi connectivity index (χ4n) is 1.13. The number of dihydropyridines is 1. The van der Waals surface area contributed by atoms with Crippen LogP contribution in [0, 0.1) is 0 Å². The maximum Gasteiger partial charge on any atom is 0.0763 e. The highest BCUT2D eigenvalue weighted by atomic mass is 16.3. The normalized spacial score (nSPS) is 17.2. The molecule has 1 heterocycles. The predicted octanol–water partition coefficient (Wildman–Crippen LogP) is 0.738. The first-order valence-corrected chi connectivity index (χ1v) is 4.54. The highest BCUT2D eigenvalue weighted by Gasteiger charge is 2.12. The lowest BCUT2D eigenvalue weighted by molar-refractivity contribution is 0.0824. The fraction of sp³-hybridized carbons (Fsp3) is 0.600. The van der Waals surface area contributed by atoms with Crippen molar-refractivity contribution in [2.75, 3.05) is 13.1 Å². The molecule has 0 saturated heterocycles. The van der Waals surface area contributed by atoms with E-state index < -0.39 is 5.60 Å². The van der Waals surface area contributed by atoms with Gasteiger partial charge in [0.15, 0.2) is 0 Å². The molecule has 3 heteroatoms. The maximum absolute atomic E-state index is 9.49. The number of nitrogens with one attached hydrogen (secondary N) is 2. The molecule has 0 aromatic heterocycles. The van der Waals surface area contributed by atoms with Gasteiger partial charge in [0, 0.05) is 12.2 Å². The van der Waals surface area contributed by atoms with Crippen molar-refractivity contribution in [2.24, 2.45) is 0 Å². The Bertz CT molecular complexity index is 236. The van der Waals surface area contributed by atoms with E-state index in [0.717, 1.165) is 12.2 Å². The smallest absolute Gasteiger partial charge is 0.0763 e. The van der Waals surface area contributed by atoms with Crippen LogP contribution in [0.25, 0.3) is 0 Å². The lowest BCUT2D eigenvalue weighted by Gasteiger charge is -2.22. The number of hydrogen-bond acceptors (Lipinski definition) is 3. The summed E-state index contributed by atoms with van der Waals surface area (Å²) >= 11 is 0. The SMILES string of the molecule is CC1=CNCC(NCC(C)(C)O)=C1. The molecule has 13 heavy (non-hydrogen) atoms. The topological polar surface area (TPSA) is 44.3 Å². The third-order valence-electron chi connectivity index (χ3n) is 1.77. The van der Waals surface area contributed by atoms with Gasteiger partial charge in [-0.15, -0.1) is 0 Å². The molecule has 0 fully saturated rings. The first-order valence-electron chi connectivity index (χ1n) is 4.54. The van der Waals surface area contributed by atoms with Gasteiger partial charge >= 0.3 is 0 Å². The van der Waals surface area contributed by atoms with Gasteiger partial charge in [0.25, 0.3) is 0 Å². The zero-order chi connectivity index (χ0) is 9.90. The monoisotopic (exact) mass is 182 g/mol. The minimum Gasteiger partial charge on any atom is -0.389 e. The number of hydrogen-bond donors (Lipinski definition) is 3. The van der Waals surface area contributed by atoms with Crippen molar-refractivity contribution in [1.82, 2.24) is 10.6 Å². The lowest BCUT2D eigenvalue weighted by atomic mass is 10.1. The Hall–Kier alpha value is -0.960. The molecule has 0 saturated carbocycles. The Morgan fingerprint density at radius 3 is 2.85 bits per heavy atom. The quantitative estimate of drug-likeness (QED) is 0.603. The minimum atomic E-state index is -0.657. The third-order valence-corrected chi connectivity index (χ3v) is 1.77. The molecule has 1 aliphatic rings. The molecule has 0 amide bonds. The van der Waals surface area contributed by atoms with Crippen molar-refractivity contribution in [3.05, 3.63) is 23.5 Å². The number of rotatable bonds is 3. The molecular weight excluding hydrogens is 164 g/mol. The van der Waals surface area contributed by atoms with E-state index in [4.69, 9.17) is 0 Å². The molecule has 0 unspecified atom stereocenters. The third kappa shape index (κ3) is 3.99. The first-order chi connectivity index (χ1) is 5.97. The number of allylic oxidation sites excluding steroid dienone is 2. The average molecular weight is 182 g/mol. The molecule has 74 valence electrons. The molecule has 0 spiro atoms. The predicted molar refractivity (Wildman–Crippen MR) is 54.1 cm³/mol. The van der Waals surface area contributed by atoms with Crippen LogP contribution < -0.4 is 10.6 Å². The van der Waals surface area contributed by atoms with Gasteiger partial charge in [-0.25, -0.2) is 0 Å². The molecule has 0 atom stereocenters. The Morgan fingerprint density at radius 2 is 2.31 bits per heavy atom. The maximum atomic E-state index is 9.49. The van der Waals surface area contributed by atoms with Gasteiger partial charge in [-0.1, -0.05) is 0 Å². The highest BCUT2D eigenvalue weighted by molar-refractivity contribution is 5.25. The standard InChI is InChI=1S/C10H18N2O/c1-8-4-9(6-11-5-8)12-7-10(2,3)13/h4-5,11-13H,6-7H2,1-3H3. The van der Waals surface area contributed by atoms with Gasteiger partial charge in [0.05, 0.1) is 12.1 Å². The van der Waals surface area contributed by atoms with Crippen molar-refractivity contribution < 1.29 is 5.11 Å². The molecule has 1 rings (SSSR count). The summed E-state index contributed by atoms with van der Waals surface area (Å²) in [4.78, 5) is 0. The van der Waals surface area contributed by atoms with Crippen LogP contribution in [-0.4, -0.2) is 23.8 Å². The molecule has 3 nitrogen and oxygen atoms in total. The van der Waals surface area contributed by atoms with Gasteiger partial charge in [-0.2, -0.15) is 0 Å². The van der Waals surface area contributed by atoms with Crippen LogP contribution in [0.5, 0.6) is 0 Å². The molecule has 1 aliphatic heterocycles. The van der Waals surface area contributed by atoms with Crippen molar-refractivity contribution in [1.29, 1.82) is 0 Å². The van der Waals surface area contributed by atoms with Crippen LogP contribution in [0.3, 0.4) is 0 Å². The van der Waals surface area contributed by atoms with Crippen molar-refractivity contribution in [2.45, 2.75) is 26.4 Å². The Kier molecular flexibility index (Phi) is 2.98. The molecule has 0 aliphatic carbocycles. The van der Waals surface area contributed by atoms with E-state index in [1.165, 1.54) is 5.57 Å². The summed E-state index contributed by atoms with van der Waals surface area (Å²) in [5, 5.41) is 15.8. The Morgan fingerprint density at radius 1 is 1.62 bits per heavy atom. The van der Waals surface area contributed by atoms with Gasteiger partial charge in [0.1, 0.15) is 0 Å². The second kappa shape index (κ2) is 3.83. The first kappa shape index (κ1) is 10.1. The van der Waals surface area contributed by atoms with Crippen molar-refractivity contribution in [3.63, 3.8) is 0 Å². The van der Waals surface area contributed by atoms with E-state index in [1.807, 2.05) is 13.1 Å². The molecule has 0 radical (unpaired) electrons. The minimum absolute atomic E-state index is 0.577. The fourth-order valence-corrected chi connectivity index (χ4v) is 1.13. The van der Waals surface area contributed by atoms with E-state index in [1.54, 1.807) is 13.8 Å². The van der Waals surface area contributed by atoms with Gasteiger partial charge in [-0.3, -0.25) is 0 Å². The van der Waals surface area contributed by atoms with Crippen LogP contribution in [0.4, 0.5) is 0 Å². The van der Waals surface area contributed by atoms with Gasteiger partial charge < -0.3 is 15.7 Å². The second-order valence-corrected chi connectivity index (χ2v) is 4.10. The van der Waals surface area contributed by atoms with Gasteiger partial charge in [-0.05, 0) is 38.6 Å². The van der Waals surface area contributed by atoms with E-state index in [-0.39, 0.29) is 0 Å². The van der Waals surface area contributed by atoms with Crippen molar-refractivity contribution in [3.8, 4) is 0 Å². The van der Waals surface area contributed by atoms with E-state index >= 15 is 0 Å². The summed E-state index contributed by atoms with van der Waals surface area (Å²) in [6.45, 7) is 7.01. The summed E-state index contributed by atoms with van der Waals surface area (Å²) in [7, 11) is 0. The lowest BCUT2D eigenvalue weighted by Crippen LogP contribution is -2.37. The zero-order valence-corrected chi connectivity index (χ0v) is 8.52. The van der Waals surface area contributed by atoms with Crippen LogP contribution in [-0.2, 0) is 0 Å². The van der Waals surface area contributed by atoms with Crippen LogP contribution >= 0.6 is 0 Å². The molecule has 0 aromatic carbocycles. The number of aliphatic hydroxyl groups is 1. The summed E-state index contributed by atoms with van der Waals surface area (Å²) in [6, 6.07) is 0. The summed E-state index contributed by atoms with van der Waals surface area (Å²) in [5.41, 5.74) is 1.67. The zero-order valence-electron chi connectivity index (χ0n) is 8.52. The van der Waals surface area contributed by atoms with E-state index in [0.29, 0.717) is 6.54 Å². The Balaban J connectivity index is 2.42. The van der Waals surface area contributed by atoms with E-state index in [2.05, 4.69) is 16.7 Å². The summed E-state index contributed by atoms with van der Waals surface area (Å²) in [5.74, 6) is 0. The van der Waals surface area contributed by atoms with Crippen LogP contribution in [0.15, 0.2) is 23.5 Å². The summed E-state index contributed by atoms with van der Waals surface area (Å²) in [6.07, 6.45) is 4.07. The van der Waals surface area contributed by atoms with Crippen molar-refractivity contribution >= 4 is 0 Å². The molecule has 3 N–H and O–H groups in total. The molecule has 0 bridgehead atoms. The second-order valence-electron chi connectivity index (χ2n) is 4.10. The molecule has 0 aromatic rings. The highest BCUT2D eigenvalue weighted by Crippen LogP contribution is 2.05. The Labute approximate surface area is 79.5 Å². The van der Waals surface area contributed by atoms with Crippen LogP contribution in [0.1, 0.15) is 20.8 Å². The average Bonchev–Trinajstić information content (AvgIpc) is 2.00. The largest absolute Gasteiger partial charge is 0.389 e. The van der Waals surface area contributed by atoms with Gasteiger partial charge in [0.2, 0.25) is 0 Å². The summed E-state index contributed by atoms with van der Waals surface area (Å²) < 4.78 is 0. The van der Waals surface area contributed by atoms with Crippen LogP contribution in [0.2, 0.25) is 0 Å². The molecular formula is C10H18N2O. The van der Waals surface area contributed by atoms with E-state index in [9.17, 15) is 5.11 Å².